The summed E-state index contributed by atoms with van der Waals surface area (Å²) in [7, 11) is 0. The molecule has 0 radical (unpaired) electrons. The zero-order chi connectivity index (χ0) is 68.2. The first-order valence-corrected chi connectivity index (χ1v) is 31.9. The molecule has 7 heterocycles. The first-order valence-electron chi connectivity index (χ1n) is 29.9. The average molecular weight is 1370 g/mol. The number of morpholine rings is 1. The number of thioether (sulfide) groups is 2. The molecule has 0 unspecified atom stereocenters. The van der Waals surface area contributed by atoms with Gasteiger partial charge < -0.3 is 43.5 Å². The lowest BCUT2D eigenvalue weighted by Gasteiger charge is -2.46. The molecule has 5 aliphatic rings. The standard InChI is InChI=1S/C33H27F3N4O8S.C32H34F3N5O6S/c1-19-15-22(40(44)45)11-12-26(19)48-32(43)47-18-46-30-25(41)13-14-38-29(30)31(42)37(20(2)33(34,35)36)17-39(38)28-23-8-4-3-7-21(23)16-49-27-10-6-5-9-24(27)28;1-21(32(33,34)35)38-19-40(27-23-7-3-2-6-22(23)18-47-26-9-5-4-8-24(26)27)39-12-10-25(41)29(28(39)30(38)42)45-20-46-31(43)36-11-13-37-14-16-44-17-15-37/h3-15,20,28H,16-18H2,1-2H3;2-10,12,21,27H,11,13-20H2,1H3,(H,36,43)/t20-,28+;21-,27+/m11/s1. The lowest BCUT2D eigenvalue weighted by atomic mass is 9.94. The third-order valence-electron chi connectivity index (χ3n) is 16.7. The third kappa shape index (κ3) is 14.4. The van der Waals surface area contributed by atoms with Crippen LogP contribution in [0, 0.1) is 17.0 Å². The summed E-state index contributed by atoms with van der Waals surface area (Å²) in [6.45, 7) is 4.20. The molecule has 1 saturated heterocycles. The van der Waals surface area contributed by atoms with Gasteiger partial charge in [-0.1, -0.05) is 84.9 Å². The van der Waals surface area contributed by atoms with Crippen LogP contribution in [0.4, 0.5) is 41.6 Å². The number of halogens is 6. The summed E-state index contributed by atoms with van der Waals surface area (Å²) in [5.74, 6) is -2.14. The molecule has 0 spiro atoms. The molecule has 0 bridgehead atoms. The van der Waals surface area contributed by atoms with Crippen LogP contribution in [-0.2, 0) is 25.7 Å². The number of pyridine rings is 2. The van der Waals surface area contributed by atoms with E-state index in [4.69, 9.17) is 28.4 Å². The number of alkyl halides is 6. The zero-order valence-electron chi connectivity index (χ0n) is 51.5. The monoisotopic (exact) mass is 1370 g/mol. The van der Waals surface area contributed by atoms with Crippen molar-refractivity contribution in [3.05, 3.63) is 221 Å². The molecule has 96 heavy (non-hydrogen) atoms. The van der Waals surface area contributed by atoms with E-state index in [2.05, 4.69) is 10.2 Å². The van der Waals surface area contributed by atoms with Crippen LogP contribution in [0.25, 0.3) is 0 Å². The highest BCUT2D eigenvalue weighted by atomic mass is 32.2. The summed E-state index contributed by atoms with van der Waals surface area (Å²) in [6.07, 6.45) is -9.01. The van der Waals surface area contributed by atoms with Crippen molar-refractivity contribution < 1.29 is 78.9 Å². The van der Waals surface area contributed by atoms with E-state index in [1.165, 1.54) is 46.9 Å². The van der Waals surface area contributed by atoms with Gasteiger partial charge in [-0.25, -0.2) is 9.59 Å². The number of fused-ring (bicyclic) bond motifs is 6. The van der Waals surface area contributed by atoms with E-state index in [-0.39, 0.29) is 17.0 Å². The van der Waals surface area contributed by atoms with E-state index in [9.17, 15) is 65.2 Å². The molecular weight excluding hydrogens is 1310 g/mol. The minimum atomic E-state index is -4.81. The van der Waals surface area contributed by atoms with Crippen LogP contribution in [0.3, 0.4) is 0 Å². The predicted octanol–water partition coefficient (Wildman–Crippen LogP) is 10.3. The van der Waals surface area contributed by atoms with Crippen molar-refractivity contribution in [3.63, 3.8) is 0 Å². The fraction of sp³-hybridized carbons (Fsp3) is 0.323. The van der Waals surface area contributed by atoms with Gasteiger partial charge in [-0.05, 0) is 77.9 Å². The summed E-state index contributed by atoms with van der Waals surface area (Å²) >= 11 is 3.19. The number of non-ortho nitro benzene ring substituents is 1. The molecule has 7 aromatic rings. The molecule has 3 amide bonds. The number of ether oxygens (including phenoxy) is 6. The normalized spacial score (nSPS) is 17.4. The van der Waals surface area contributed by atoms with E-state index in [0.717, 1.165) is 82.2 Å². The SMILES string of the molecule is C[C@@H](N1CN([C@H]2c3ccccc3CSc3ccccc32)n2ccc(=O)c(OCOC(=O)NCCN3CCOCC3)c2C1=O)C(F)(F)F.Cc1cc([N+](=O)[O-])ccc1OC(=O)OCOc1c2n(ccc1=O)N([C@H]1c3ccccc3CSc3ccccc31)CN([C@H](C)C(F)(F)F)C2=O. The number of carbonyl (C=O) groups excluding carboxylic acids is 4. The summed E-state index contributed by atoms with van der Waals surface area (Å²) in [6, 6.07) is 30.3. The van der Waals surface area contributed by atoms with Crippen LogP contribution >= 0.6 is 23.5 Å². The number of nitro groups is 1. The maximum Gasteiger partial charge on any atom is 0.516 e. The van der Waals surface area contributed by atoms with Crippen molar-refractivity contribution >= 4 is 53.3 Å². The number of nitro benzene ring substituents is 1. The van der Waals surface area contributed by atoms with Crippen molar-refractivity contribution in [1.82, 2.24) is 29.4 Å². The lowest BCUT2D eigenvalue weighted by Crippen LogP contribution is -2.60. The predicted molar refractivity (Wildman–Crippen MR) is 337 cm³/mol. The van der Waals surface area contributed by atoms with Gasteiger partial charge >= 0.3 is 24.6 Å². The Morgan fingerprint density at radius 1 is 0.646 bits per heavy atom. The van der Waals surface area contributed by atoms with Gasteiger partial charge in [0.25, 0.3) is 17.5 Å². The fourth-order valence-electron chi connectivity index (χ4n) is 11.6. The van der Waals surface area contributed by atoms with Crippen molar-refractivity contribution in [2.75, 3.05) is 76.3 Å². The first-order chi connectivity index (χ1) is 46.0. The van der Waals surface area contributed by atoms with Crippen molar-refractivity contribution in [1.29, 1.82) is 0 Å². The first kappa shape index (κ1) is 67.7. The Hall–Kier alpha value is -9.72. The molecule has 0 saturated carbocycles. The van der Waals surface area contributed by atoms with E-state index < -0.39 is 126 Å². The number of carbonyl (C=O) groups is 4. The highest BCUT2D eigenvalue weighted by Crippen LogP contribution is 2.46. The van der Waals surface area contributed by atoms with E-state index in [0.29, 0.717) is 47.6 Å². The van der Waals surface area contributed by atoms with Crippen LogP contribution in [0.1, 0.15) is 85.9 Å². The van der Waals surface area contributed by atoms with Gasteiger partial charge in [0.1, 0.15) is 31.2 Å². The molecule has 5 aliphatic heterocycles. The van der Waals surface area contributed by atoms with Crippen molar-refractivity contribution in [2.24, 2.45) is 0 Å². The molecular formula is C65H61F6N9O14S2. The molecule has 4 atom stereocenters. The molecule has 12 rings (SSSR count). The van der Waals surface area contributed by atoms with Crippen LogP contribution in [0.15, 0.2) is 159 Å². The molecule has 0 aliphatic carbocycles. The summed E-state index contributed by atoms with van der Waals surface area (Å²) in [4.78, 5) is 94.5. The number of hydrogen-bond acceptors (Lipinski definition) is 19. The van der Waals surface area contributed by atoms with Crippen LogP contribution in [-0.4, -0.2) is 144 Å². The second-order valence-electron chi connectivity index (χ2n) is 22.4. The molecule has 504 valence electrons. The Morgan fingerprint density at radius 3 is 1.57 bits per heavy atom. The molecule has 31 heteroatoms. The van der Waals surface area contributed by atoms with Gasteiger partial charge in [0, 0.05) is 84.1 Å². The van der Waals surface area contributed by atoms with Crippen molar-refractivity contribution in [3.8, 4) is 17.2 Å². The lowest BCUT2D eigenvalue weighted by molar-refractivity contribution is -0.384. The van der Waals surface area contributed by atoms with Gasteiger partial charge in [0.2, 0.25) is 35.9 Å². The van der Waals surface area contributed by atoms with E-state index in [1.807, 2.05) is 97.1 Å². The minimum absolute atomic E-state index is 0.0440. The number of hydrogen-bond donors (Lipinski definition) is 1. The smallest absolute Gasteiger partial charge is 0.451 e. The number of aromatic nitrogens is 2. The van der Waals surface area contributed by atoms with Gasteiger partial charge in [0.15, 0.2) is 11.4 Å². The van der Waals surface area contributed by atoms with E-state index >= 15 is 0 Å². The minimum Gasteiger partial charge on any atom is -0.451 e. The Bertz CT molecular complexity index is 4140. The third-order valence-corrected chi connectivity index (χ3v) is 18.9. The van der Waals surface area contributed by atoms with Crippen molar-refractivity contribution in [2.45, 2.75) is 78.6 Å². The Morgan fingerprint density at radius 2 is 1.10 bits per heavy atom. The topological polar surface area (TPSA) is 239 Å². The number of nitrogens with one attached hydrogen (secondary N) is 1. The second-order valence-corrected chi connectivity index (χ2v) is 24.5. The molecule has 23 nitrogen and oxygen atoms in total. The highest BCUT2D eigenvalue weighted by Gasteiger charge is 2.50. The molecule has 5 aromatic carbocycles. The molecule has 2 aromatic heterocycles. The van der Waals surface area contributed by atoms with Gasteiger partial charge in [-0.2, -0.15) is 26.3 Å². The maximum absolute atomic E-state index is 14.2. The Labute approximate surface area is 552 Å². The molecule has 1 fully saturated rings. The number of aryl methyl sites for hydroxylation is 1. The Balaban J connectivity index is 0.000000195. The van der Waals surface area contributed by atoms with E-state index in [1.54, 1.807) is 33.5 Å². The number of alkyl carbamates (subject to hydrolysis) is 1. The van der Waals surface area contributed by atoms with Gasteiger partial charge in [0.05, 0.1) is 30.2 Å². The van der Waals surface area contributed by atoms with Crippen LogP contribution < -0.4 is 40.4 Å². The quantitative estimate of drug-likeness (QED) is 0.0251. The zero-order valence-corrected chi connectivity index (χ0v) is 53.1. The summed E-state index contributed by atoms with van der Waals surface area (Å²) < 4.78 is 119. The number of nitrogens with zero attached hydrogens (tertiary/aromatic N) is 8. The number of amides is 3. The average Bonchev–Trinajstić information content (AvgIpc) is 0.859. The second kappa shape index (κ2) is 28.7. The number of benzene rings is 5. The van der Waals surface area contributed by atoms with Gasteiger partial charge in [-0.15, -0.1) is 23.5 Å². The Kier molecular flexibility index (Phi) is 20.2. The highest BCUT2D eigenvalue weighted by molar-refractivity contribution is 7.98. The molecule has 1 N–H and O–H groups in total. The summed E-state index contributed by atoms with van der Waals surface area (Å²) in [5, 5.41) is 16.8. The number of rotatable bonds is 15. The van der Waals surface area contributed by atoms with Gasteiger partial charge in [-0.3, -0.25) is 53.6 Å². The van der Waals surface area contributed by atoms with Crippen LogP contribution in [0.5, 0.6) is 17.2 Å². The summed E-state index contributed by atoms with van der Waals surface area (Å²) in [5.41, 5.74) is 2.73. The van der Waals surface area contributed by atoms with Crippen LogP contribution in [0.2, 0.25) is 0 Å². The largest absolute Gasteiger partial charge is 0.516 e. The fourth-order valence-corrected chi connectivity index (χ4v) is 13.8. The maximum atomic E-state index is 14.2.